The highest BCUT2D eigenvalue weighted by atomic mass is 35.5. The maximum atomic E-state index is 13.3. The van der Waals surface area contributed by atoms with Gasteiger partial charge in [-0.2, -0.15) is 0 Å². The lowest BCUT2D eigenvalue weighted by Crippen LogP contribution is -2.41. The lowest BCUT2D eigenvalue weighted by Gasteiger charge is -2.23. The molecule has 2 aromatic carbocycles. The fraction of sp³-hybridized carbons (Fsp3) is 0.350. The SMILES string of the molecule is CC(C(=O)Nc1cccc(F)c1)N1C[C@@H](CN)[C@H](c2ccccc2)C1.Cl. The van der Waals surface area contributed by atoms with Gasteiger partial charge in [0.15, 0.2) is 0 Å². The number of hydrogen-bond donors (Lipinski definition) is 2. The third kappa shape index (κ3) is 4.61. The molecule has 2 aromatic rings. The molecule has 1 unspecified atom stereocenters. The van der Waals surface area contributed by atoms with Crippen molar-refractivity contribution in [2.24, 2.45) is 11.7 Å². The van der Waals surface area contributed by atoms with Crippen LogP contribution in [0.4, 0.5) is 10.1 Å². The second kappa shape index (κ2) is 9.12. The molecule has 0 spiro atoms. The Bertz CT molecular complexity index is 728. The summed E-state index contributed by atoms with van der Waals surface area (Å²) in [6, 6.07) is 16.0. The van der Waals surface area contributed by atoms with Gasteiger partial charge < -0.3 is 11.1 Å². The topological polar surface area (TPSA) is 58.4 Å². The first-order valence-electron chi connectivity index (χ1n) is 8.64. The average molecular weight is 378 g/mol. The average Bonchev–Trinajstić information content (AvgIpc) is 3.06. The Kier molecular flexibility index (Phi) is 7.14. The van der Waals surface area contributed by atoms with Crippen LogP contribution in [0.25, 0.3) is 0 Å². The molecule has 3 N–H and O–H groups in total. The lowest BCUT2D eigenvalue weighted by molar-refractivity contribution is -0.120. The molecule has 1 fully saturated rings. The van der Waals surface area contributed by atoms with Crippen LogP contribution >= 0.6 is 12.4 Å². The molecule has 1 amide bonds. The zero-order valence-electron chi connectivity index (χ0n) is 14.8. The number of nitrogens with one attached hydrogen (secondary N) is 1. The molecular weight excluding hydrogens is 353 g/mol. The minimum absolute atomic E-state index is 0. The van der Waals surface area contributed by atoms with Crippen LogP contribution in [0.15, 0.2) is 54.6 Å². The quantitative estimate of drug-likeness (QED) is 0.840. The van der Waals surface area contributed by atoms with E-state index in [0.29, 0.717) is 24.1 Å². The van der Waals surface area contributed by atoms with E-state index in [1.807, 2.05) is 25.1 Å². The summed E-state index contributed by atoms with van der Waals surface area (Å²) in [7, 11) is 0. The molecule has 3 atom stereocenters. The van der Waals surface area contributed by atoms with Crippen LogP contribution in [0, 0.1) is 11.7 Å². The van der Waals surface area contributed by atoms with E-state index < -0.39 is 0 Å². The standard InChI is InChI=1S/C20H24FN3O.ClH/c1-14(20(25)23-18-9-5-8-17(21)10-18)24-12-16(11-22)19(13-24)15-6-3-2-4-7-15;/h2-10,14,16,19H,11-13,22H2,1H3,(H,23,25);1H/t14?,16-,19+;/m1./s1. The lowest BCUT2D eigenvalue weighted by atomic mass is 9.89. The molecule has 6 heteroatoms. The van der Waals surface area contributed by atoms with Crippen molar-refractivity contribution in [2.75, 3.05) is 25.0 Å². The molecule has 1 heterocycles. The summed E-state index contributed by atoms with van der Waals surface area (Å²) in [5.41, 5.74) is 7.71. The smallest absolute Gasteiger partial charge is 0.241 e. The van der Waals surface area contributed by atoms with E-state index in [2.05, 4.69) is 22.3 Å². The molecule has 0 aliphatic carbocycles. The Labute approximate surface area is 160 Å². The number of nitrogens with two attached hydrogens (primary N) is 1. The van der Waals surface area contributed by atoms with Crippen molar-refractivity contribution < 1.29 is 9.18 Å². The molecule has 4 nitrogen and oxygen atoms in total. The van der Waals surface area contributed by atoms with Crippen molar-refractivity contribution >= 4 is 24.0 Å². The number of anilines is 1. The van der Waals surface area contributed by atoms with E-state index in [1.54, 1.807) is 12.1 Å². The first-order chi connectivity index (χ1) is 12.1. The predicted octanol–water partition coefficient (Wildman–Crippen LogP) is 3.25. The summed E-state index contributed by atoms with van der Waals surface area (Å²) in [4.78, 5) is 14.7. The van der Waals surface area contributed by atoms with Crippen LogP contribution in [-0.2, 0) is 4.79 Å². The summed E-state index contributed by atoms with van der Waals surface area (Å²) in [5, 5.41) is 2.80. The summed E-state index contributed by atoms with van der Waals surface area (Å²) >= 11 is 0. The Balaban J connectivity index is 0.00000243. The summed E-state index contributed by atoms with van der Waals surface area (Å²) in [5.74, 6) is 0.163. The van der Waals surface area contributed by atoms with E-state index >= 15 is 0 Å². The van der Waals surface area contributed by atoms with Crippen molar-refractivity contribution in [3.8, 4) is 0 Å². The van der Waals surface area contributed by atoms with E-state index in [0.717, 1.165) is 13.1 Å². The Hall–Kier alpha value is -1.95. The van der Waals surface area contributed by atoms with Gasteiger partial charge in [-0.25, -0.2) is 4.39 Å². The van der Waals surface area contributed by atoms with Gasteiger partial charge in [0.1, 0.15) is 5.82 Å². The number of benzene rings is 2. The van der Waals surface area contributed by atoms with Crippen LogP contribution in [0.2, 0.25) is 0 Å². The molecule has 0 aromatic heterocycles. The van der Waals surface area contributed by atoms with Gasteiger partial charge in [0.2, 0.25) is 5.91 Å². The molecule has 0 radical (unpaired) electrons. The monoisotopic (exact) mass is 377 g/mol. The fourth-order valence-electron chi connectivity index (χ4n) is 3.52. The zero-order valence-corrected chi connectivity index (χ0v) is 15.6. The molecular formula is C20H25ClFN3O. The summed E-state index contributed by atoms with van der Waals surface area (Å²) < 4.78 is 13.3. The highest BCUT2D eigenvalue weighted by molar-refractivity contribution is 5.94. The molecule has 140 valence electrons. The predicted molar refractivity (Wildman–Crippen MR) is 105 cm³/mol. The maximum Gasteiger partial charge on any atom is 0.241 e. The number of rotatable bonds is 5. The molecule has 1 saturated heterocycles. The fourth-order valence-corrected chi connectivity index (χ4v) is 3.52. The zero-order chi connectivity index (χ0) is 17.8. The van der Waals surface area contributed by atoms with Crippen molar-refractivity contribution in [3.63, 3.8) is 0 Å². The van der Waals surface area contributed by atoms with Gasteiger partial charge in [-0.05, 0) is 43.1 Å². The Morgan fingerprint density at radius 1 is 1.23 bits per heavy atom. The third-order valence-electron chi connectivity index (χ3n) is 5.02. The van der Waals surface area contributed by atoms with Crippen LogP contribution in [0.1, 0.15) is 18.4 Å². The molecule has 1 aliphatic rings. The van der Waals surface area contributed by atoms with Crippen LogP contribution in [0.5, 0.6) is 0 Å². The van der Waals surface area contributed by atoms with Gasteiger partial charge in [-0.1, -0.05) is 36.4 Å². The highest BCUT2D eigenvalue weighted by Gasteiger charge is 2.36. The summed E-state index contributed by atoms with van der Waals surface area (Å²) in [6.45, 7) is 4.06. The van der Waals surface area contributed by atoms with E-state index in [-0.39, 0.29) is 30.2 Å². The van der Waals surface area contributed by atoms with E-state index in [1.165, 1.54) is 17.7 Å². The minimum Gasteiger partial charge on any atom is -0.330 e. The molecule has 3 rings (SSSR count). The maximum absolute atomic E-state index is 13.3. The van der Waals surface area contributed by atoms with Crippen molar-refractivity contribution in [1.82, 2.24) is 4.90 Å². The largest absolute Gasteiger partial charge is 0.330 e. The normalized spacial score (nSPS) is 21.0. The van der Waals surface area contributed by atoms with Gasteiger partial charge in [-0.15, -0.1) is 12.4 Å². The van der Waals surface area contributed by atoms with E-state index in [4.69, 9.17) is 5.73 Å². The molecule has 0 saturated carbocycles. The number of hydrogen-bond acceptors (Lipinski definition) is 3. The number of nitrogens with zero attached hydrogens (tertiary/aromatic N) is 1. The molecule has 1 aliphatic heterocycles. The van der Waals surface area contributed by atoms with Crippen LogP contribution in [-0.4, -0.2) is 36.5 Å². The molecule has 26 heavy (non-hydrogen) atoms. The van der Waals surface area contributed by atoms with Gasteiger partial charge in [0.25, 0.3) is 0 Å². The number of carbonyl (C=O) groups excluding carboxylic acids is 1. The van der Waals surface area contributed by atoms with Crippen LogP contribution in [0.3, 0.4) is 0 Å². The first kappa shape index (κ1) is 20.4. The summed E-state index contributed by atoms with van der Waals surface area (Å²) in [6.07, 6.45) is 0. The van der Waals surface area contributed by atoms with Crippen molar-refractivity contribution in [3.05, 3.63) is 66.0 Å². The van der Waals surface area contributed by atoms with Gasteiger partial charge in [0.05, 0.1) is 6.04 Å². The van der Waals surface area contributed by atoms with Crippen molar-refractivity contribution in [1.29, 1.82) is 0 Å². The highest BCUT2D eigenvalue weighted by Crippen LogP contribution is 2.33. The number of amides is 1. The molecule has 0 bridgehead atoms. The van der Waals surface area contributed by atoms with Gasteiger partial charge >= 0.3 is 0 Å². The second-order valence-corrected chi connectivity index (χ2v) is 6.64. The number of carbonyl (C=O) groups is 1. The number of halogens is 2. The minimum atomic E-state index is -0.362. The number of likely N-dealkylation sites (tertiary alicyclic amines) is 1. The third-order valence-corrected chi connectivity index (χ3v) is 5.02. The van der Waals surface area contributed by atoms with Gasteiger partial charge in [-0.3, -0.25) is 9.69 Å². The first-order valence-corrected chi connectivity index (χ1v) is 8.64. The van der Waals surface area contributed by atoms with Crippen molar-refractivity contribution in [2.45, 2.75) is 18.9 Å². The Morgan fingerprint density at radius 2 is 1.96 bits per heavy atom. The van der Waals surface area contributed by atoms with E-state index in [9.17, 15) is 9.18 Å². The second-order valence-electron chi connectivity index (χ2n) is 6.64. The Morgan fingerprint density at radius 3 is 2.62 bits per heavy atom. The van der Waals surface area contributed by atoms with Gasteiger partial charge in [0, 0.05) is 24.7 Å². The van der Waals surface area contributed by atoms with Crippen LogP contribution < -0.4 is 11.1 Å².